The van der Waals surface area contributed by atoms with E-state index in [2.05, 4.69) is 22.3 Å². The van der Waals surface area contributed by atoms with Crippen LogP contribution in [0, 0.1) is 5.92 Å². The second-order valence-electron chi connectivity index (χ2n) is 6.33. The monoisotopic (exact) mass is 326 g/mol. The van der Waals surface area contributed by atoms with Crippen molar-refractivity contribution < 1.29 is 0 Å². The summed E-state index contributed by atoms with van der Waals surface area (Å²) >= 11 is 12.5. The Morgan fingerprint density at radius 1 is 0.952 bits per heavy atom. The lowest BCUT2D eigenvalue weighted by atomic mass is 9.80. The molecule has 1 heterocycles. The summed E-state index contributed by atoms with van der Waals surface area (Å²) in [6.45, 7) is 4.39. The maximum Gasteiger partial charge on any atom is 0.0424 e. The van der Waals surface area contributed by atoms with Crippen LogP contribution in [0.1, 0.15) is 43.7 Å². The highest BCUT2D eigenvalue weighted by molar-refractivity contribution is 6.34. The molecule has 116 valence electrons. The van der Waals surface area contributed by atoms with Gasteiger partial charge in [-0.1, -0.05) is 42.5 Å². The Balaban J connectivity index is 1.89. The first kappa shape index (κ1) is 15.6. The summed E-state index contributed by atoms with van der Waals surface area (Å²) in [5.74, 6) is 0.742. The van der Waals surface area contributed by atoms with Crippen LogP contribution in [0.2, 0.25) is 10.0 Å². The Morgan fingerprint density at radius 2 is 1.57 bits per heavy atom. The van der Waals surface area contributed by atoms with Gasteiger partial charge in [-0.25, -0.2) is 0 Å². The molecule has 2 aliphatic rings. The Bertz CT molecular complexity index is 428. The van der Waals surface area contributed by atoms with E-state index in [4.69, 9.17) is 23.2 Å². The number of piperazine rings is 1. The topological polar surface area (TPSA) is 15.3 Å². The van der Waals surface area contributed by atoms with Crippen LogP contribution < -0.4 is 5.32 Å². The summed E-state index contributed by atoms with van der Waals surface area (Å²) in [4.78, 5) is 2.63. The molecular formula is C17H24Cl2N2. The van der Waals surface area contributed by atoms with Crippen LogP contribution in [-0.2, 0) is 0 Å². The third-order valence-electron chi connectivity index (χ3n) is 4.87. The summed E-state index contributed by atoms with van der Waals surface area (Å²) < 4.78 is 0. The van der Waals surface area contributed by atoms with E-state index in [1.807, 2.05) is 6.07 Å². The van der Waals surface area contributed by atoms with Gasteiger partial charge in [-0.3, -0.25) is 4.90 Å². The molecule has 0 amide bonds. The Kier molecular flexibility index (Phi) is 5.44. The molecule has 1 aromatic carbocycles. The van der Waals surface area contributed by atoms with E-state index in [0.717, 1.165) is 42.1 Å². The highest BCUT2D eigenvalue weighted by Gasteiger charge is 2.31. The molecule has 21 heavy (non-hydrogen) atoms. The molecule has 2 nitrogen and oxygen atoms in total. The molecule has 0 bridgehead atoms. The molecule has 1 saturated carbocycles. The molecule has 1 saturated heterocycles. The van der Waals surface area contributed by atoms with Gasteiger partial charge < -0.3 is 5.32 Å². The molecule has 0 aromatic heterocycles. The minimum absolute atomic E-state index is 0.476. The molecular weight excluding hydrogens is 303 g/mol. The van der Waals surface area contributed by atoms with Gasteiger partial charge in [0.05, 0.1) is 0 Å². The molecule has 0 radical (unpaired) electrons. The minimum atomic E-state index is 0.476. The smallest absolute Gasteiger partial charge is 0.0424 e. The second-order valence-corrected chi connectivity index (χ2v) is 7.20. The van der Waals surface area contributed by atoms with E-state index < -0.39 is 0 Å². The lowest BCUT2D eigenvalue weighted by Crippen LogP contribution is -2.47. The maximum atomic E-state index is 6.26. The van der Waals surface area contributed by atoms with Crippen LogP contribution >= 0.6 is 23.2 Å². The maximum absolute atomic E-state index is 6.26. The molecule has 1 aromatic rings. The average molecular weight is 327 g/mol. The number of benzene rings is 1. The van der Waals surface area contributed by atoms with E-state index in [9.17, 15) is 0 Å². The summed E-state index contributed by atoms with van der Waals surface area (Å²) in [5, 5.41) is 4.97. The van der Waals surface area contributed by atoms with Crippen LogP contribution in [0.25, 0.3) is 0 Å². The zero-order valence-electron chi connectivity index (χ0n) is 12.5. The normalized spacial score (nSPS) is 23.1. The predicted octanol–water partition coefficient (Wildman–Crippen LogP) is 4.52. The van der Waals surface area contributed by atoms with Crippen molar-refractivity contribution in [2.24, 2.45) is 5.92 Å². The molecule has 1 N–H and O–H groups in total. The van der Waals surface area contributed by atoms with Crippen molar-refractivity contribution >= 4 is 23.2 Å². The van der Waals surface area contributed by atoms with E-state index in [-0.39, 0.29) is 0 Å². The van der Waals surface area contributed by atoms with Crippen molar-refractivity contribution in [3.63, 3.8) is 0 Å². The first-order chi connectivity index (χ1) is 10.2. The van der Waals surface area contributed by atoms with Crippen LogP contribution in [0.15, 0.2) is 18.2 Å². The quantitative estimate of drug-likeness (QED) is 0.878. The van der Waals surface area contributed by atoms with E-state index in [1.54, 1.807) is 0 Å². The van der Waals surface area contributed by atoms with Crippen molar-refractivity contribution in [2.45, 2.75) is 38.1 Å². The average Bonchev–Trinajstić information content (AvgIpc) is 2.49. The Labute approximate surface area is 137 Å². The lowest BCUT2D eigenvalue weighted by molar-refractivity contribution is 0.103. The Hall–Kier alpha value is -0.280. The number of nitrogens with one attached hydrogen (secondary N) is 1. The Morgan fingerprint density at radius 3 is 2.19 bits per heavy atom. The standard InChI is InChI=1S/C17H24Cl2N2/c18-15-10-14(11-16(19)12-15)17(13-4-2-1-3-5-13)21-8-6-20-7-9-21/h10-13,17,20H,1-9H2/t17-/m1/s1. The van der Waals surface area contributed by atoms with Gasteiger partial charge in [0.25, 0.3) is 0 Å². The molecule has 0 spiro atoms. The van der Waals surface area contributed by atoms with Crippen LogP contribution in [0.3, 0.4) is 0 Å². The van der Waals surface area contributed by atoms with Gasteiger partial charge in [-0.15, -0.1) is 0 Å². The van der Waals surface area contributed by atoms with E-state index >= 15 is 0 Å². The van der Waals surface area contributed by atoms with Crippen molar-refractivity contribution in [2.75, 3.05) is 26.2 Å². The summed E-state index contributed by atoms with van der Waals surface area (Å²) in [5.41, 5.74) is 1.31. The van der Waals surface area contributed by atoms with E-state index in [0.29, 0.717) is 6.04 Å². The highest BCUT2D eigenvalue weighted by atomic mass is 35.5. The van der Waals surface area contributed by atoms with Gasteiger partial charge >= 0.3 is 0 Å². The summed E-state index contributed by atoms with van der Waals surface area (Å²) in [6.07, 6.45) is 6.78. The third kappa shape index (κ3) is 3.92. The minimum Gasteiger partial charge on any atom is -0.314 e. The fourth-order valence-corrected chi connectivity index (χ4v) is 4.48. The highest BCUT2D eigenvalue weighted by Crippen LogP contribution is 2.40. The predicted molar refractivity (Wildman–Crippen MR) is 90.2 cm³/mol. The van der Waals surface area contributed by atoms with Crippen LogP contribution in [0.4, 0.5) is 0 Å². The zero-order valence-corrected chi connectivity index (χ0v) is 14.0. The molecule has 2 fully saturated rings. The van der Waals surface area contributed by atoms with Gasteiger partial charge in [0, 0.05) is 42.3 Å². The zero-order chi connectivity index (χ0) is 14.7. The summed E-state index contributed by atoms with van der Waals surface area (Å²) in [6, 6.07) is 6.55. The number of hydrogen-bond donors (Lipinski definition) is 1. The molecule has 3 rings (SSSR count). The van der Waals surface area contributed by atoms with Crippen LogP contribution in [0.5, 0.6) is 0 Å². The van der Waals surface area contributed by atoms with E-state index in [1.165, 1.54) is 37.7 Å². The van der Waals surface area contributed by atoms with Crippen molar-refractivity contribution in [1.29, 1.82) is 0 Å². The fourth-order valence-electron chi connectivity index (χ4n) is 3.94. The van der Waals surface area contributed by atoms with Gasteiger partial charge in [0.2, 0.25) is 0 Å². The van der Waals surface area contributed by atoms with Gasteiger partial charge in [0.1, 0.15) is 0 Å². The van der Waals surface area contributed by atoms with Crippen molar-refractivity contribution in [3.8, 4) is 0 Å². The van der Waals surface area contributed by atoms with Gasteiger partial charge in [0.15, 0.2) is 0 Å². The van der Waals surface area contributed by atoms with Crippen molar-refractivity contribution in [3.05, 3.63) is 33.8 Å². The number of nitrogens with zero attached hydrogens (tertiary/aromatic N) is 1. The first-order valence-corrected chi connectivity index (χ1v) is 8.90. The summed E-state index contributed by atoms with van der Waals surface area (Å²) in [7, 11) is 0. The van der Waals surface area contributed by atoms with Crippen LogP contribution in [-0.4, -0.2) is 31.1 Å². The van der Waals surface area contributed by atoms with Gasteiger partial charge in [-0.05, 0) is 42.5 Å². The van der Waals surface area contributed by atoms with Crippen molar-refractivity contribution in [1.82, 2.24) is 10.2 Å². The number of halogens is 2. The molecule has 0 unspecified atom stereocenters. The molecule has 1 atom stereocenters. The van der Waals surface area contributed by atoms with Gasteiger partial charge in [-0.2, -0.15) is 0 Å². The number of hydrogen-bond acceptors (Lipinski definition) is 2. The SMILES string of the molecule is Clc1cc(Cl)cc([C@@H](C2CCCCC2)N2CCNCC2)c1. The lowest BCUT2D eigenvalue weighted by Gasteiger charge is -2.41. The molecule has 1 aliphatic heterocycles. The second kappa shape index (κ2) is 7.32. The fraction of sp³-hybridized carbons (Fsp3) is 0.647. The molecule has 4 heteroatoms. The third-order valence-corrected chi connectivity index (χ3v) is 5.30. The largest absolute Gasteiger partial charge is 0.314 e. The number of rotatable bonds is 3. The first-order valence-electron chi connectivity index (χ1n) is 8.15. The molecule has 1 aliphatic carbocycles.